The first-order valence-corrected chi connectivity index (χ1v) is 6.92. The van der Waals surface area contributed by atoms with Crippen LogP contribution in [0.2, 0.25) is 0 Å². The average molecular weight is 300 g/mol. The summed E-state index contributed by atoms with van der Waals surface area (Å²) in [7, 11) is 0. The predicted octanol–water partition coefficient (Wildman–Crippen LogP) is 4.36. The molecule has 4 heteroatoms. The van der Waals surface area contributed by atoms with Gasteiger partial charge in [-0.2, -0.15) is 0 Å². The first kappa shape index (κ1) is 15.0. The Hall–Kier alpha value is -2.39. The zero-order chi connectivity index (χ0) is 15.1. The largest absolute Gasteiger partial charge is 0.478 e. The van der Waals surface area contributed by atoms with E-state index < -0.39 is 5.97 Å². The molecule has 0 saturated carbocycles. The fourth-order valence-corrected chi connectivity index (χ4v) is 2.09. The maximum Gasteiger partial charge on any atom is 0.336 e. The van der Waals surface area contributed by atoms with Crippen molar-refractivity contribution in [1.82, 2.24) is 4.98 Å². The molecular formula is C17H14ClNO2. The van der Waals surface area contributed by atoms with Crippen molar-refractivity contribution in [1.29, 1.82) is 0 Å². The second-order valence-electron chi connectivity index (χ2n) is 4.29. The van der Waals surface area contributed by atoms with Crippen LogP contribution in [0.5, 0.6) is 0 Å². The monoisotopic (exact) mass is 299 g/mol. The number of hydrogen-bond acceptors (Lipinski definition) is 2. The molecule has 106 valence electrons. The van der Waals surface area contributed by atoms with E-state index in [2.05, 4.69) is 17.1 Å². The third-order valence-electron chi connectivity index (χ3n) is 2.90. The molecule has 0 fully saturated rings. The zero-order valence-corrected chi connectivity index (χ0v) is 12.0. The van der Waals surface area contributed by atoms with Crippen LogP contribution in [-0.2, 0) is 5.88 Å². The minimum atomic E-state index is -0.929. The van der Waals surface area contributed by atoms with Gasteiger partial charge in [-0.05, 0) is 23.8 Å². The van der Waals surface area contributed by atoms with Gasteiger partial charge in [0.2, 0.25) is 0 Å². The van der Waals surface area contributed by atoms with Gasteiger partial charge in [-0.25, -0.2) is 4.79 Å². The summed E-state index contributed by atoms with van der Waals surface area (Å²) in [5.74, 6) is -0.691. The molecule has 0 aliphatic rings. The summed E-state index contributed by atoms with van der Waals surface area (Å²) in [6.45, 7) is 0. The van der Waals surface area contributed by atoms with E-state index >= 15 is 0 Å². The van der Waals surface area contributed by atoms with Crippen molar-refractivity contribution < 1.29 is 9.90 Å². The number of carboxylic acid groups (broad SMARTS) is 1. The second-order valence-corrected chi connectivity index (χ2v) is 4.56. The lowest BCUT2D eigenvalue weighted by Crippen LogP contribution is -1.99. The van der Waals surface area contributed by atoms with Gasteiger partial charge in [0, 0.05) is 17.5 Å². The topological polar surface area (TPSA) is 50.2 Å². The Morgan fingerprint density at radius 2 is 1.67 bits per heavy atom. The first-order valence-electron chi connectivity index (χ1n) is 6.39. The summed E-state index contributed by atoms with van der Waals surface area (Å²) in [6, 6.07) is 18.8. The number of nitrogens with zero attached hydrogens (tertiary/aromatic N) is 1. The van der Waals surface area contributed by atoms with Gasteiger partial charge >= 0.3 is 5.97 Å². The minimum absolute atomic E-state index is 0.239. The lowest BCUT2D eigenvalue weighted by Gasteiger charge is -1.99. The van der Waals surface area contributed by atoms with Crippen LogP contribution >= 0.6 is 11.6 Å². The highest BCUT2D eigenvalue weighted by atomic mass is 35.5. The molecule has 0 atom stereocenters. The average Bonchev–Trinajstić information content (AvgIpc) is 2.55. The van der Waals surface area contributed by atoms with Crippen LogP contribution in [0.25, 0.3) is 10.9 Å². The van der Waals surface area contributed by atoms with Gasteiger partial charge in [0.05, 0.1) is 11.1 Å². The molecule has 1 heterocycles. The van der Waals surface area contributed by atoms with E-state index in [4.69, 9.17) is 16.7 Å². The molecular weight excluding hydrogens is 286 g/mol. The number of hydrogen-bond donors (Lipinski definition) is 1. The molecule has 3 aromatic rings. The van der Waals surface area contributed by atoms with Gasteiger partial charge in [-0.15, -0.1) is 11.6 Å². The molecule has 0 saturated heterocycles. The number of aromatic nitrogens is 1. The Bertz CT molecular complexity index is 678. The van der Waals surface area contributed by atoms with E-state index in [0.29, 0.717) is 5.56 Å². The fraction of sp³-hybridized carbons (Fsp3) is 0.0588. The van der Waals surface area contributed by atoms with Crippen molar-refractivity contribution in [3.8, 4) is 0 Å². The maximum atomic E-state index is 10.5. The Kier molecular flexibility index (Phi) is 5.29. The van der Waals surface area contributed by atoms with Gasteiger partial charge < -0.3 is 5.11 Å². The number of alkyl halides is 1. The number of carboxylic acids is 1. The Morgan fingerprint density at radius 1 is 1.00 bits per heavy atom. The third-order valence-corrected chi connectivity index (χ3v) is 3.19. The molecule has 1 aromatic heterocycles. The lowest BCUT2D eigenvalue weighted by molar-refractivity contribution is 0.0696. The number of halogens is 1. The van der Waals surface area contributed by atoms with E-state index in [1.54, 1.807) is 24.3 Å². The Balaban J connectivity index is 0.000000154. The summed E-state index contributed by atoms with van der Waals surface area (Å²) < 4.78 is 0. The summed E-state index contributed by atoms with van der Waals surface area (Å²) in [6.07, 6.45) is 1.81. The quantitative estimate of drug-likeness (QED) is 0.715. The summed E-state index contributed by atoms with van der Waals surface area (Å²) >= 11 is 5.51. The summed E-state index contributed by atoms with van der Waals surface area (Å²) in [4.78, 5) is 14.7. The fourth-order valence-electron chi connectivity index (χ4n) is 1.86. The number of para-hydroxylation sites is 1. The van der Waals surface area contributed by atoms with Gasteiger partial charge in [-0.1, -0.05) is 42.5 Å². The van der Waals surface area contributed by atoms with Gasteiger partial charge in [-0.3, -0.25) is 4.98 Å². The molecule has 0 bridgehead atoms. The third kappa shape index (κ3) is 4.04. The van der Waals surface area contributed by atoms with E-state index in [1.807, 2.05) is 30.5 Å². The highest BCUT2D eigenvalue weighted by molar-refractivity contribution is 6.17. The van der Waals surface area contributed by atoms with Crippen molar-refractivity contribution in [2.75, 3.05) is 0 Å². The summed E-state index contributed by atoms with van der Waals surface area (Å²) in [5.41, 5.74) is 1.99. The Labute approximate surface area is 127 Å². The van der Waals surface area contributed by atoms with Gasteiger partial charge in [0.15, 0.2) is 0 Å². The minimum Gasteiger partial charge on any atom is -0.478 e. The number of pyridine rings is 1. The molecule has 0 spiro atoms. The number of rotatable bonds is 2. The van der Waals surface area contributed by atoms with Crippen molar-refractivity contribution in [2.45, 2.75) is 5.88 Å². The predicted molar refractivity (Wildman–Crippen MR) is 84.7 cm³/mol. The van der Waals surface area contributed by atoms with E-state index in [9.17, 15) is 4.79 Å². The SMILES string of the molecule is O=C(O)c1ccccc1CCl.c1ccc2ncccc2c1. The number of fused-ring (bicyclic) bond motifs is 1. The van der Waals surface area contributed by atoms with Crippen LogP contribution < -0.4 is 0 Å². The normalized spacial score (nSPS) is 9.76. The lowest BCUT2D eigenvalue weighted by atomic mass is 10.1. The van der Waals surface area contributed by atoms with Crippen LogP contribution in [-0.4, -0.2) is 16.1 Å². The molecule has 0 aliphatic carbocycles. The van der Waals surface area contributed by atoms with Gasteiger partial charge in [0.25, 0.3) is 0 Å². The molecule has 21 heavy (non-hydrogen) atoms. The molecule has 0 radical (unpaired) electrons. The summed E-state index contributed by atoms with van der Waals surface area (Å²) in [5, 5.41) is 9.84. The van der Waals surface area contributed by atoms with Crippen LogP contribution in [0.3, 0.4) is 0 Å². The van der Waals surface area contributed by atoms with Crippen molar-refractivity contribution in [2.24, 2.45) is 0 Å². The highest BCUT2D eigenvalue weighted by Gasteiger charge is 2.06. The van der Waals surface area contributed by atoms with E-state index in [-0.39, 0.29) is 11.4 Å². The van der Waals surface area contributed by atoms with E-state index in [0.717, 1.165) is 5.52 Å². The van der Waals surface area contributed by atoms with Gasteiger partial charge in [0.1, 0.15) is 0 Å². The number of aromatic carboxylic acids is 1. The highest BCUT2D eigenvalue weighted by Crippen LogP contribution is 2.10. The molecule has 0 unspecified atom stereocenters. The van der Waals surface area contributed by atoms with Crippen molar-refractivity contribution >= 4 is 28.5 Å². The zero-order valence-electron chi connectivity index (χ0n) is 11.2. The molecule has 3 rings (SSSR count). The standard InChI is InChI=1S/C9H7N.C8H7ClO2/c1-2-6-9-8(4-1)5-3-7-10-9;9-5-6-3-1-2-4-7(6)8(10)11/h1-7H;1-4H,5H2,(H,10,11). The second kappa shape index (κ2) is 7.41. The van der Waals surface area contributed by atoms with Crippen LogP contribution in [0.1, 0.15) is 15.9 Å². The van der Waals surface area contributed by atoms with Crippen molar-refractivity contribution in [3.05, 3.63) is 78.0 Å². The smallest absolute Gasteiger partial charge is 0.336 e. The molecule has 3 nitrogen and oxygen atoms in total. The molecule has 0 aliphatic heterocycles. The molecule has 1 N–H and O–H groups in total. The first-order chi connectivity index (χ1) is 10.2. The maximum absolute atomic E-state index is 10.5. The van der Waals surface area contributed by atoms with Crippen molar-refractivity contribution in [3.63, 3.8) is 0 Å². The van der Waals surface area contributed by atoms with Crippen LogP contribution in [0.15, 0.2) is 66.9 Å². The van der Waals surface area contributed by atoms with Crippen LogP contribution in [0, 0.1) is 0 Å². The molecule has 0 amide bonds. The van der Waals surface area contributed by atoms with E-state index in [1.165, 1.54) is 5.39 Å². The number of benzene rings is 2. The number of carbonyl (C=O) groups is 1. The Morgan fingerprint density at radius 3 is 2.33 bits per heavy atom. The molecule has 2 aromatic carbocycles. The van der Waals surface area contributed by atoms with Crippen LogP contribution in [0.4, 0.5) is 0 Å².